The Labute approximate surface area is 367 Å². The summed E-state index contributed by atoms with van der Waals surface area (Å²) in [6, 6.07) is 18.4. The van der Waals surface area contributed by atoms with Crippen molar-refractivity contribution < 1.29 is 32.7 Å². The highest BCUT2D eigenvalue weighted by Crippen LogP contribution is 2.47. The molecule has 4 aromatic rings. The Morgan fingerprint density at radius 3 is 2.48 bits per heavy atom. The van der Waals surface area contributed by atoms with Gasteiger partial charge in [0.25, 0.3) is 5.91 Å². The second-order valence-electron chi connectivity index (χ2n) is 15.3. The van der Waals surface area contributed by atoms with Crippen LogP contribution in [0, 0.1) is 11.8 Å². The van der Waals surface area contributed by atoms with Gasteiger partial charge in [0, 0.05) is 75.6 Å². The first-order valence-corrected chi connectivity index (χ1v) is 22.8. The molecule has 3 aliphatic heterocycles. The van der Waals surface area contributed by atoms with Gasteiger partial charge in [0.05, 0.1) is 30.0 Å². The van der Waals surface area contributed by atoms with Crippen molar-refractivity contribution in [2.75, 3.05) is 56.5 Å². The molecule has 0 aliphatic carbocycles. The highest BCUT2D eigenvalue weighted by atomic mass is 35.5. The average molecular weight is 883 g/mol. The number of carbonyl (C=O) groups excluding carboxylic acids is 3. The van der Waals surface area contributed by atoms with Crippen molar-refractivity contribution in [1.29, 1.82) is 0 Å². The van der Waals surface area contributed by atoms with Crippen LogP contribution in [-0.2, 0) is 29.7 Å². The first-order chi connectivity index (χ1) is 30.1. The minimum absolute atomic E-state index is 0.180. The monoisotopic (exact) mass is 882 g/mol. The lowest BCUT2D eigenvalue weighted by molar-refractivity contribution is -0.136. The Bertz CT molecular complexity index is 2390. The van der Waals surface area contributed by atoms with Crippen LogP contribution < -0.4 is 36.2 Å². The first-order valence-electron chi connectivity index (χ1n) is 20.9. The quantitative estimate of drug-likeness (QED) is 0.0368. The van der Waals surface area contributed by atoms with E-state index in [1.165, 1.54) is 20.4 Å². The van der Waals surface area contributed by atoms with Crippen LogP contribution in [-0.4, -0.2) is 85.6 Å². The largest absolute Gasteiger partial charge is 0.494 e. The zero-order chi connectivity index (χ0) is 43.6. The summed E-state index contributed by atoms with van der Waals surface area (Å²) in [6.45, 7) is 3.17. The van der Waals surface area contributed by atoms with Gasteiger partial charge in [-0.05, 0) is 80.6 Å². The van der Waals surface area contributed by atoms with E-state index < -0.39 is 19.5 Å². The summed E-state index contributed by atoms with van der Waals surface area (Å²) in [7, 11) is 0.737. The van der Waals surface area contributed by atoms with Gasteiger partial charge in [-0.25, -0.2) is 4.98 Å². The second kappa shape index (κ2) is 20.6. The summed E-state index contributed by atoms with van der Waals surface area (Å²) in [4.78, 5) is 50.0. The molecule has 2 fully saturated rings. The van der Waals surface area contributed by atoms with Crippen molar-refractivity contribution in [1.82, 2.24) is 25.5 Å². The van der Waals surface area contributed by atoms with Gasteiger partial charge in [-0.1, -0.05) is 54.5 Å². The van der Waals surface area contributed by atoms with E-state index >= 15 is 0 Å². The SMILES string of the molecule is COc1cc(N2CCC(NCCCCCCC#Cc3cccc4c3CN(C3CCC(=O)NC3=O)C4=O)CC2)ccc1Nc1ncc(Cl)c(Nc2ccccc2P(=O)(OC)OC)n1. The number of halogens is 1. The summed E-state index contributed by atoms with van der Waals surface area (Å²) < 4.78 is 29.4. The van der Waals surface area contributed by atoms with Gasteiger partial charge >= 0.3 is 7.60 Å². The molecule has 3 aliphatic rings. The molecule has 3 aromatic carbocycles. The zero-order valence-electron chi connectivity index (χ0n) is 35.2. The molecule has 0 spiro atoms. The topological polar surface area (TPSA) is 176 Å². The smallest absolute Gasteiger partial charge is 0.362 e. The van der Waals surface area contributed by atoms with Crippen LogP contribution in [0.4, 0.5) is 28.8 Å². The van der Waals surface area contributed by atoms with E-state index in [1.54, 1.807) is 42.3 Å². The Morgan fingerprint density at radius 1 is 0.919 bits per heavy atom. The first kappa shape index (κ1) is 44.6. The molecule has 62 heavy (non-hydrogen) atoms. The van der Waals surface area contributed by atoms with Crippen molar-refractivity contribution >= 4 is 71.1 Å². The number of rotatable bonds is 17. The van der Waals surface area contributed by atoms with Crippen molar-refractivity contribution in [3.8, 4) is 17.6 Å². The number of nitrogens with one attached hydrogen (secondary N) is 4. The van der Waals surface area contributed by atoms with Gasteiger partial charge < -0.3 is 39.5 Å². The maximum Gasteiger partial charge on any atom is 0.362 e. The number of ether oxygens (including phenoxy) is 1. The number of nitrogens with zero attached hydrogens (tertiary/aromatic N) is 4. The normalized spacial score (nSPS) is 16.7. The van der Waals surface area contributed by atoms with Crippen LogP contribution in [0.3, 0.4) is 0 Å². The van der Waals surface area contributed by atoms with Gasteiger partial charge in [0.2, 0.25) is 17.8 Å². The van der Waals surface area contributed by atoms with E-state index in [1.807, 2.05) is 24.3 Å². The number of aromatic nitrogens is 2. The highest BCUT2D eigenvalue weighted by molar-refractivity contribution is 7.62. The van der Waals surface area contributed by atoms with E-state index in [2.05, 4.69) is 54.0 Å². The third-order valence-electron chi connectivity index (χ3n) is 11.4. The van der Waals surface area contributed by atoms with E-state index in [0.29, 0.717) is 52.8 Å². The molecule has 2 saturated heterocycles. The number of anilines is 5. The molecule has 7 rings (SSSR count). The predicted molar refractivity (Wildman–Crippen MR) is 240 cm³/mol. The maximum absolute atomic E-state index is 13.2. The molecule has 15 nitrogen and oxygen atoms in total. The third kappa shape index (κ3) is 10.4. The summed E-state index contributed by atoms with van der Waals surface area (Å²) in [5.74, 6) is 6.92. The fraction of sp³-hybridized carbons (Fsp3) is 0.400. The second-order valence-corrected chi connectivity index (χ2v) is 17.9. The van der Waals surface area contributed by atoms with Crippen molar-refractivity contribution in [2.24, 2.45) is 0 Å². The van der Waals surface area contributed by atoms with Gasteiger partial charge in [0.15, 0.2) is 5.82 Å². The van der Waals surface area contributed by atoms with E-state index in [9.17, 15) is 18.9 Å². The minimum atomic E-state index is -3.56. The number of hydrogen-bond acceptors (Lipinski definition) is 13. The minimum Gasteiger partial charge on any atom is -0.494 e. The molecule has 0 bridgehead atoms. The molecular formula is C45H52ClN8O7P. The molecule has 3 amide bonds. The number of carbonyl (C=O) groups is 3. The lowest BCUT2D eigenvalue weighted by atomic mass is 10.0. The van der Waals surface area contributed by atoms with Crippen molar-refractivity contribution in [3.63, 3.8) is 0 Å². The summed E-state index contributed by atoms with van der Waals surface area (Å²) in [6.07, 6.45) is 9.26. The summed E-state index contributed by atoms with van der Waals surface area (Å²) in [5.41, 5.74) is 4.51. The number of piperidine rings is 2. The molecular weight excluding hydrogens is 831 g/mol. The van der Waals surface area contributed by atoms with Crippen LogP contribution in [0.15, 0.2) is 66.9 Å². The van der Waals surface area contributed by atoms with Gasteiger partial charge in [-0.3, -0.25) is 24.3 Å². The van der Waals surface area contributed by atoms with Crippen LogP contribution >= 0.6 is 19.2 Å². The van der Waals surface area contributed by atoms with Crippen LogP contribution in [0.2, 0.25) is 5.02 Å². The lowest BCUT2D eigenvalue weighted by Crippen LogP contribution is -2.52. The third-order valence-corrected chi connectivity index (χ3v) is 13.7. The Kier molecular flexibility index (Phi) is 14.8. The number of imide groups is 1. The number of fused-ring (bicyclic) bond motifs is 1. The number of benzene rings is 3. The van der Waals surface area contributed by atoms with Crippen LogP contribution in [0.5, 0.6) is 5.75 Å². The number of hydrogen-bond donors (Lipinski definition) is 4. The average Bonchev–Trinajstić information content (AvgIpc) is 3.63. The predicted octanol–water partition coefficient (Wildman–Crippen LogP) is 7.06. The van der Waals surface area contributed by atoms with E-state index in [4.69, 9.17) is 25.4 Å². The summed E-state index contributed by atoms with van der Waals surface area (Å²) in [5, 5.41) is 13.1. The van der Waals surface area contributed by atoms with E-state index in [-0.39, 0.29) is 29.2 Å². The number of unbranched alkanes of at least 4 members (excludes halogenated alkanes) is 4. The van der Waals surface area contributed by atoms with Crippen molar-refractivity contribution in [3.05, 3.63) is 88.6 Å². The molecule has 0 saturated carbocycles. The van der Waals surface area contributed by atoms with E-state index in [0.717, 1.165) is 81.4 Å². The standard InChI is InChI=1S/C45H52ClN8O7P/c1-59-39-27-32(18-19-36(39)50-45-48-28-35(46)42(52-45)49-37-16-9-10-17-40(37)62(58,60-2)61-3)53-25-22-31(23-26-53)47-24-11-7-5-4-6-8-13-30-14-12-15-33-34(30)29-54(44(33)57)38-20-21-41(55)51-43(38)56/h9-10,12,14-19,27-28,31,38,47H,4-7,11,20-26,29H2,1-3H3,(H,51,55,56)(H2,48,49,50,52). The lowest BCUT2D eigenvalue weighted by Gasteiger charge is -2.34. The molecule has 1 atom stereocenters. The van der Waals surface area contributed by atoms with Gasteiger partial charge in [-0.2, -0.15) is 4.98 Å². The Morgan fingerprint density at radius 2 is 1.71 bits per heavy atom. The number of para-hydroxylation sites is 1. The summed E-state index contributed by atoms with van der Waals surface area (Å²) >= 11 is 6.47. The van der Waals surface area contributed by atoms with Crippen LogP contribution in [0.1, 0.15) is 79.3 Å². The fourth-order valence-electron chi connectivity index (χ4n) is 8.03. The zero-order valence-corrected chi connectivity index (χ0v) is 36.8. The Hall–Kier alpha value is -5.49. The molecule has 1 unspecified atom stereocenters. The molecule has 326 valence electrons. The fourth-order valence-corrected chi connectivity index (χ4v) is 9.41. The highest BCUT2D eigenvalue weighted by Gasteiger charge is 2.39. The molecule has 0 radical (unpaired) electrons. The maximum atomic E-state index is 13.2. The Balaban J connectivity index is 0.824. The van der Waals surface area contributed by atoms with Crippen LogP contribution in [0.25, 0.3) is 0 Å². The molecule has 4 N–H and O–H groups in total. The number of methoxy groups -OCH3 is 1. The van der Waals surface area contributed by atoms with Gasteiger partial charge in [-0.15, -0.1) is 0 Å². The van der Waals surface area contributed by atoms with Gasteiger partial charge in [0.1, 0.15) is 16.8 Å². The molecule has 4 heterocycles. The van der Waals surface area contributed by atoms with Crippen molar-refractivity contribution in [2.45, 2.75) is 76.4 Å². The number of amides is 3. The molecule has 1 aromatic heterocycles. The molecule has 17 heteroatoms.